The molecule has 0 radical (unpaired) electrons. The molecule has 1 aliphatic rings. The molecule has 0 saturated carbocycles. The highest BCUT2D eigenvalue weighted by Gasteiger charge is 2.30. The number of ether oxygens (including phenoxy) is 2. The lowest BCUT2D eigenvalue weighted by molar-refractivity contribution is 0.0599. The Kier molecular flexibility index (Phi) is 5.56. The Labute approximate surface area is 153 Å². The molecule has 2 aromatic carbocycles. The maximum atomic E-state index is 12.9. The number of carbonyl (C=O) groups excluding carboxylic acids is 2. The molecule has 1 saturated heterocycles. The number of hydrogen-bond donors (Lipinski definition) is 0. The van der Waals surface area contributed by atoms with E-state index in [2.05, 4.69) is 0 Å². The number of esters is 1. The normalized spacial score (nSPS) is 16.4. The maximum absolute atomic E-state index is 12.9. The highest BCUT2D eigenvalue weighted by Crippen LogP contribution is 2.34. The summed E-state index contributed by atoms with van der Waals surface area (Å²) >= 11 is 0. The van der Waals surface area contributed by atoms with Gasteiger partial charge in [-0.2, -0.15) is 0 Å². The molecule has 1 unspecified atom stereocenters. The first-order chi connectivity index (χ1) is 12.6. The molecular weight excluding hydrogens is 330 g/mol. The molecule has 5 heteroatoms. The molecule has 1 aliphatic heterocycles. The Bertz CT molecular complexity index is 768. The molecule has 3 rings (SSSR count). The van der Waals surface area contributed by atoms with Gasteiger partial charge in [-0.3, -0.25) is 4.79 Å². The summed E-state index contributed by atoms with van der Waals surface area (Å²) in [5, 5.41) is 0. The van der Waals surface area contributed by atoms with E-state index in [0.717, 1.165) is 30.7 Å². The molecule has 0 aromatic heterocycles. The minimum Gasteiger partial charge on any atom is -0.494 e. The van der Waals surface area contributed by atoms with Crippen LogP contribution in [0.5, 0.6) is 5.75 Å². The van der Waals surface area contributed by atoms with Crippen LogP contribution in [0.25, 0.3) is 0 Å². The van der Waals surface area contributed by atoms with Gasteiger partial charge in [-0.15, -0.1) is 0 Å². The third-order valence-corrected chi connectivity index (χ3v) is 4.64. The summed E-state index contributed by atoms with van der Waals surface area (Å²) in [6.07, 6.45) is 1.92. The second-order valence-electron chi connectivity index (χ2n) is 6.23. The van der Waals surface area contributed by atoms with E-state index < -0.39 is 5.97 Å². The van der Waals surface area contributed by atoms with Crippen molar-refractivity contribution in [3.8, 4) is 5.75 Å². The topological polar surface area (TPSA) is 55.8 Å². The molecule has 2 aromatic rings. The molecule has 0 N–H and O–H groups in total. The third-order valence-electron chi connectivity index (χ3n) is 4.64. The van der Waals surface area contributed by atoms with Gasteiger partial charge in [0.2, 0.25) is 0 Å². The van der Waals surface area contributed by atoms with Gasteiger partial charge >= 0.3 is 5.97 Å². The SMILES string of the molecule is CCOc1ccc(C2CCCN2C(=O)c2ccc(C(=O)OC)cc2)cc1. The number of amides is 1. The number of likely N-dealkylation sites (tertiary alicyclic amines) is 1. The summed E-state index contributed by atoms with van der Waals surface area (Å²) in [6, 6.07) is 14.6. The van der Waals surface area contributed by atoms with Crippen LogP contribution < -0.4 is 4.74 Å². The van der Waals surface area contributed by atoms with Crippen LogP contribution in [0.1, 0.15) is 52.1 Å². The lowest BCUT2D eigenvalue weighted by atomic mass is 10.0. The molecule has 0 spiro atoms. The number of hydrogen-bond acceptors (Lipinski definition) is 4. The van der Waals surface area contributed by atoms with E-state index >= 15 is 0 Å². The highest BCUT2D eigenvalue weighted by molar-refractivity contribution is 5.96. The first-order valence-corrected chi connectivity index (χ1v) is 8.86. The average molecular weight is 353 g/mol. The largest absolute Gasteiger partial charge is 0.494 e. The Morgan fingerprint density at radius 1 is 1.04 bits per heavy atom. The predicted molar refractivity (Wildman–Crippen MR) is 98.4 cm³/mol. The smallest absolute Gasteiger partial charge is 0.337 e. The van der Waals surface area contributed by atoms with Gasteiger partial charge in [-0.05, 0) is 61.7 Å². The second kappa shape index (κ2) is 8.04. The number of benzene rings is 2. The Morgan fingerprint density at radius 3 is 2.31 bits per heavy atom. The average Bonchev–Trinajstić information content (AvgIpc) is 3.17. The minimum absolute atomic E-state index is 0.0159. The highest BCUT2D eigenvalue weighted by atomic mass is 16.5. The van der Waals surface area contributed by atoms with Crippen molar-refractivity contribution in [2.75, 3.05) is 20.3 Å². The Morgan fingerprint density at radius 2 is 1.69 bits per heavy atom. The fourth-order valence-electron chi connectivity index (χ4n) is 3.34. The summed E-state index contributed by atoms with van der Waals surface area (Å²) in [6.45, 7) is 3.32. The van der Waals surface area contributed by atoms with Gasteiger partial charge < -0.3 is 14.4 Å². The lowest BCUT2D eigenvalue weighted by Crippen LogP contribution is -2.30. The van der Waals surface area contributed by atoms with Crippen LogP contribution in [0.4, 0.5) is 0 Å². The Hall–Kier alpha value is -2.82. The summed E-state index contributed by atoms with van der Waals surface area (Å²) in [7, 11) is 1.34. The van der Waals surface area contributed by atoms with Crippen molar-refractivity contribution in [3.63, 3.8) is 0 Å². The molecule has 26 heavy (non-hydrogen) atoms. The van der Waals surface area contributed by atoms with Gasteiger partial charge in [0.1, 0.15) is 5.75 Å². The van der Waals surface area contributed by atoms with Crippen molar-refractivity contribution in [2.45, 2.75) is 25.8 Å². The first-order valence-electron chi connectivity index (χ1n) is 8.86. The number of rotatable bonds is 5. The van der Waals surface area contributed by atoms with Gasteiger partial charge in [0, 0.05) is 12.1 Å². The van der Waals surface area contributed by atoms with Gasteiger partial charge in [0.05, 0.1) is 25.3 Å². The Balaban J connectivity index is 1.76. The van der Waals surface area contributed by atoms with Crippen molar-refractivity contribution in [1.82, 2.24) is 4.90 Å². The zero-order chi connectivity index (χ0) is 18.5. The predicted octanol–water partition coefficient (Wildman–Crippen LogP) is 3.85. The summed E-state index contributed by atoms with van der Waals surface area (Å²) in [4.78, 5) is 26.4. The molecular formula is C21H23NO4. The first kappa shape index (κ1) is 18.0. The quantitative estimate of drug-likeness (QED) is 0.766. The molecule has 136 valence electrons. The standard InChI is InChI=1S/C21H23NO4/c1-3-26-18-12-10-15(11-13-18)19-5-4-14-22(19)20(23)16-6-8-17(9-7-16)21(24)25-2/h6-13,19H,3-5,14H2,1-2H3. The number of methoxy groups -OCH3 is 1. The maximum Gasteiger partial charge on any atom is 0.337 e. The summed E-state index contributed by atoms with van der Waals surface area (Å²) < 4.78 is 10.2. The van der Waals surface area contributed by atoms with Crippen molar-refractivity contribution in [2.24, 2.45) is 0 Å². The monoisotopic (exact) mass is 353 g/mol. The van der Waals surface area contributed by atoms with Gasteiger partial charge in [0.15, 0.2) is 0 Å². The van der Waals surface area contributed by atoms with E-state index in [1.165, 1.54) is 7.11 Å². The van der Waals surface area contributed by atoms with Crippen LogP contribution in [0.2, 0.25) is 0 Å². The summed E-state index contributed by atoms with van der Waals surface area (Å²) in [5.41, 5.74) is 2.13. The van der Waals surface area contributed by atoms with Crippen LogP contribution in [-0.4, -0.2) is 37.0 Å². The molecule has 1 atom stereocenters. The zero-order valence-corrected chi connectivity index (χ0v) is 15.1. The van der Waals surface area contributed by atoms with Crippen LogP contribution in [-0.2, 0) is 4.74 Å². The number of carbonyl (C=O) groups is 2. The molecule has 0 aliphatic carbocycles. The van der Waals surface area contributed by atoms with E-state index in [1.807, 2.05) is 36.1 Å². The molecule has 1 heterocycles. The van der Waals surface area contributed by atoms with Gasteiger partial charge in [0.25, 0.3) is 5.91 Å². The van der Waals surface area contributed by atoms with Crippen molar-refractivity contribution in [3.05, 3.63) is 65.2 Å². The lowest BCUT2D eigenvalue weighted by Gasteiger charge is -2.25. The van der Waals surface area contributed by atoms with Crippen LogP contribution in [0.3, 0.4) is 0 Å². The minimum atomic E-state index is -0.405. The molecule has 1 amide bonds. The fourth-order valence-corrected chi connectivity index (χ4v) is 3.34. The van der Waals surface area contributed by atoms with Crippen molar-refractivity contribution in [1.29, 1.82) is 0 Å². The molecule has 1 fully saturated rings. The van der Waals surface area contributed by atoms with Crippen molar-refractivity contribution >= 4 is 11.9 Å². The van der Waals surface area contributed by atoms with Crippen LogP contribution >= 0.6 is 0 Å². The van der Waals surface area contributed by atoms with E-state index in [0.29, 0.717) is 17.7 Å². The van der Waals surface area contributed by atoms with Gasteiger partial charge in [-0.1, -0.05) is 12.1 Å². The van der Waals surface area contributed by atoms with Crippen molar-refractivity contribution < 1.29 is 19.1 Å². The van der Waals surface area contributed by atoms with E-state index in [4.69, 9.17) is 9.47 Å². The van der Waals surface area contributed by atoms with E-state index in [9.17, 15) is 9.59 Å². The fraction of sp³-hybridized carbons (Fsp3) is 0.333. The van der Waals surface area contributed by atoms with Crippen LogP contribution in [0, 0.1) is 0 Å². The van der Waals surface area contributed by atoms with E-state index in [1.54, 1.807) is 24.3 Å². The third kappa shape index (κ3) is 3.72. The zero-order valence-electron chi connectivity index (χ0n) is 15.1. The van der Waals surface area contributed by atoms with Gasteiger partial charge in [-0.25, -0.2) is 4.79 Å². The molecule has 0 bridgehead atoms. The summed E-state index contributed by atoms with van der Waals surface area (Å²) in [5.74, 6) is 0.417. The van der Waals surface area contributed by atoms with Crippen LogP contribution in [0.15, 0.2) is 48.5 Å². The molecule has 5 nitrogen and oxygen atoms in total. The van der Waals surface area contributed by atoms with E-state index in [-0.39, 0.29) is 11.9 Å². The second-order valence-corrected chi connectivity index (χ2v) is 6.23. The number of nitrogens with zero attached hydrogens (tertiary/aromatic N) is 1.